The molecule has 3 rings (SSSR count). The van der Waals surface area contributed by atoms with E-state index in [-0.39, 0.29) is 30.3 Å². The third-order valence-electron chi connectivity index (χ3n) is 4.61. The van der Waals surface area contributed by atoms with E-state index in [1.165, 1.54) is 0 Å². The number of hydrogen-bond acceptors (Lipinski definition) is 3. The van der Waals surface area contributed by atoms with Gasteiger partial charge in [-0.2, -0.15) is 0 Å². The Hall–Kier alpha value is -1.11. The average molecular weight is 417 g/mol. The molecule has 132 valence electrons. The van der Waals surface area contributed by atoms with Crippen molar-refractivity contribution < 1.29 is 9.59 Å². The predicted octanol–water partition coefficient (Wildman–Crippen LogP) is 2.48. The van der Waals surface area contributed by atoms with Crippen molar-refractivity contribution >= 4 is 45.8 Å². The first-order valence-corrected chi connectivity index (χ1v) is 8.94. The van der Waals surface area contributed by atoms with Gasteiger partial charge in [0.2, 0.25) is 11.8 Å². The van der Waals surface area contributed by atoms with Crippen LogP contribution in [0.25, 0.3) is 0 Å². The molecule has 3 atom stereocenters. The predicted molar refractivity (Wildman–Crippen MR) is 100 cm³/mol. The molecule has 0 aromatic heterocycles. The lowest BCUT2D eigenvalue weighted by molar-refractivity contribution is -0.132. The maximum atomic E-state index is 12.6. The maximum absolute atomic E-state index is 12.6. The molecule has 0 spiro atoms. The lowest BCUT2D eigenvalue weighted by Crippen LogP contribution is -2.49. The third-order valence-corrected chi connectivity index (χ3v) is 5.11. The molecule has 1 aromatic rings. The Bertz CT molecular complexity index is 613. The number of anilines is 1. The van der Waals surface area contributed by atoms with Gasteiger partial charge < -0.3 is 15.5 Å². The van der Waals surface area contributed by atoms with Crippen LogP contribution in [0.5, 0.6) is 0 Å². The number of amides is 2. The summed E-state index contributed by atoms with van der Waals surface area (Å²) in [6.07, 6.45) is 2.42. The highest BCUT2D eigenvalue weighted by atomic mass is 79.9. The Kier molecular flexibility index (Phi) is 6.66. The second-order valence-corrected chi connectivity index (χ2v) is 7.31. The fraction of sp³-hybridized carbons (Fsp3) is 0.529. The molecule has 2 heterocycles. The number of benzene rings is 1. The van der Waals surface area contributed by atoms with Gasteiger partial charge in [-0.05, 0) is 50.9 Å². The van der Waals surface area contributed by atoms with Crippen LogP contribution in [-0.4, -0.2) is 37.0 Å². The normalized spacial score (nSPS) is 26.8. The molecule has 5 nitrogen and oxygen atoms in total. The van der Waals surface area contributed by atoms with Crippen LogP contribution in [0.4, 0.5) is 5.69 Å². The van der Waals surface area contributed by atoms with Crippen molar-refractivity contribution in [3.05, 3.63) is 28.7 Å². The Balaban J connectivity index is 0.00000208. The molecule has 2 fully saturated rings. The van der Waals surface area contributed by atoms with Crippen molar-refractivity contribution in [2.45, 2.75) is 38.3 Å². The SMILES string of the molecule is CC1CC(NC(=O)C2CCN(c3cccc(Br)c3)C2=O)CCN1.Cl. The second kappa shape index (κ2) is 8.32. The second-order valence-electron chi connectivity index (χ2n) is 6.40. The van der Waals surface area contributed by atoms with Gasteiger partial charge in [-0.25, -0.2) is 0 Å². The van der Waals surface area contributed by atoms with E-state index < -0.39 is 5.92 Å². The lowest BCUT2D eigenvalue weighted by atomic mass is 9.99. The molecule has 0 radical (unpaired) electrons. The van der Waals surface area contributed by atoms with Gasteiger partial charge in [-0.15, -0.1) is 12.4 Å². The molecule has 2 saturated heterocycles. The van der Waals surface area contributed by atoms with Crippen LogP contribution in [0.3, 0.4) is 0 Å². The number of rotatable bonds is 3. The first kappa shape index (κ1) is 19.2. The minimum Gasteiger partial charge on any atom is -0.353 e. The van der Waals surface area contributed by atoms with Crippen LogP contribution in [0.2, 0.25) is 0 Å². The van der Waals surface area contributed by atoms with Gasteiger partial charge in [0, 0.05) is 28.8 Å². The molecule has 2 amide bonds. The summed E-state index contributed by atoms with van der Waals surface area (Å²) in [6, 6.07) is 8.21. The summed E-state index contributed by atoms with van der Waals surface area (Å²) in [4.78, 5) is 26.8. The van der Waals surface area contributed by atoms with Gasteiger partial charge in [0.25, 0.3) is 0 Å². The maximum Gasteiger partial charge on any atom is 0.239 e. The highest BCUT2D eigenvalue weighted by Gasteiger charge is 2.38. The van der Waals surface area contributed by atoms with Gasteiger partial charge >= 0.3 is 0 Å². The number of halogens is 2. The standard InChI is InChI=1S/C17H22BrN3O2.ClH/c1-11-9-13(5-7-19-11)20-16(22)15-6-8-21(17(15)23)14-4-2-3-12(18)10-14;/h2-4,10-11,13,15,19H,5-9H2,1H3,(H,20,22);1H. The number of nitrogens with one attached hydrogen (secondary N) is 2. The minimum absolute atomic E-state index is 0. The van der Waals surface area contributed by atoms with E-state index in [1.54, 1.807) is 4.90 Å². The number of piperidine rings is 1. The van der Waals surface area contributed by atoms with E-state index in [0.717, 1.165) is 29.5 Å². The van der Waals surface area contributed by atoms with E-state index in [4.69, 9.17) is 0 Å². The molecule has 2 N–H and O–H groups in total. The zero-order chi connectivity index (χ0) is 16.4. The summed E-state index contributed by atoms with van der Waals surface area (Å²) in [5, 5.41) is 6.44. The fourth-order valence-electron chi connectivity index (χ4n) is 3.39. The van der Waals surface area contributed by atoms with Crippen molar-refractivity contribution in [1.29, 1.82) is 0 Å². The molecular formula is C17H23BrClN3O2. The largest absolute Gasteiger partial charge is 0.353 e. The Morgan fingerprint density at radius 1 is 1.38 bits per heavy atom. The highest BCUT2D eigenvalue weighted by Crippen LogP contribution is 2.27. The summed E-state index contributed by atoms with van der Waals surface area (Å²) in [7, 11) is 0. The van der Waals surface area contributed by atoms with Crippen molar-refractivity contribution in [1.82, 2.24) is 10.6 Å². The van der Waals surface area contributed by atoms with Crippen LogP contribution >= 0.6 is 28.3 Å². The van der Waals surface area contributed by atoms with Crippen molar-refractivity contribution in [3.8, 4) is 0 Å². The topological polar surface area (TPSA) is 61.4 Å². The molecule has 1 aromatic carbocycles. The minimum atomic E-state index is -0.556. The summed E-state index contributed by atoms with van der Waals surface area (Å²) in [5.41, 5.74) is 0.843. The van der Waals surface area contributed by atoms with Crippen LogP contribution in [0.1, 0.15) is 26.2 Å². The molecule has 0 saturated carbocycles. The van der Waals surface area contributed by atoms with Crippen molar-refractivity contribution in [3.63, 3.8) is 0 Å². The van der Waals surface area contributed by atoms with Crippen LogP contribution in [-0.2, 0) is 9.59 Å². The van der Waals surface area contributed by atoms with Crippen LogP contribution in [0.15, 0.2) is 28.7 Å². The summed E-state index contributed by atoms with van der Waals surface area (Å²) in [6.45, 7) is 3.62. The van der Waals surface area contributed by atoms with Crippen LogP contribution in [0, 0.1) is 5.92 Å². The Morgan fingerprint density at radius 3 is 2.88 bits per heavy atom. The lowest BCUT2D eigenvalue weighted by Gasteiger charge is -2.29. The first-order chi connectivity index (χ1) is 11.0. The summed E-state index contributed by atoms with van der Waals surface area (Å²) in [5.74, 6) is -0.770. The number of carbonyl (C=O) groups is 2. The van der Waals surface area contributed by atoms with Crippen molar-refractivity contribution in [2.75, 3.05) is 18.0 Å². The van der Waals surface area contributed by atoms with Crippen LogP contribution < -0.4 is 15.5 Å². The number of hydrogen-bond donors (Lipinski definition) is 2. The Morgan fingerprint density at radius 2 is 2.17 bits per heavy atom. The smallest absolute Gasteiger partial charge is 0.239 e. The van der Waals surface area contributed by atoms with Gasteiger partial charge in [0.15, 0.2) is 0 Å². The van der Waals surface area contributed by atoms with Gasteiger partial charge in [-0.1, -0.05) is 22.0 Å². The number of carbonyl (C=O) groups excluding carboxylic acids is 2. The monoisotopic (exact) mass is 415 g/mol. The van der Waals surface area contributed by atoms with Gasteiger partial charge in [0.05, 0.1) is 0 Å². The van der Waals surface area contributed by atoms with Gasteiger partial charge in [-0.3, -0.25) is 9.59 Å². The van der Waals surface area contributed by atoms with Gasteiger partial charge in [0.1, 0.15) is 5.92 Å². The average Bonchev–Trinajstić information content (AvgIpc) is 2.89. The van der Waals surface area contributed by atoms with E-state index >= 15 is 0 Å². The van der Waals surface area contributed by atoms with E-state index in [0.29, 0.717) is 19.0 Å². The molecule has 0 aliphatic carbocycles. The highest BCUT2D eigenvalue weighted by molar-refractivity contribution is 9.10. The quantitative estimate of drug-likeness (QED) is 0.744. The molecule has 2 aliphatic heterocycles. The Labute approximate surface area is 157 Å². The summed E-state index contributed by atoms with van der Waals surface area (Å²) < 4.78 is 0.930. The molecular weight excluding hydrogens is 394 g/mol. The fourth-order valence-corrected chi connectivity index (χ4v) is 3.78. The van der Waals surface area contributed by atoms with Crippen molar-refractivity contribution in [2.24, 2.45) is 5.92 Å². The molecule has 0 bridgehead atoms. The zero-order valence-electron chi connectivity index (χ0n) is 13.6. The first-order valence-electron chi connectivity index (χ1n) is 8.15. The zero-order valence-corrected chi connectivity index (χ0v) is 16.0. The van der Waals surface area contributed by atoms with E-state index in [1.807, 2.05) is 24.3 Å². The van der Waals surface area contributed by atoms with E-state index in [2.05, 4.69) is 33.5 Å². The molecule has 24 heavy (non-hydrogen) atoms. The molecule has 3 unspecified atom stereocenters. The molecule has 2 aliphatic rings. The number of nitrogens with zero attached hydrogens (tertiary/aromatic N) is 1. The third kappa shape index (κ3) is 4.29. The summed E-state index contributed by atoms with van der Waals surface area (Å²) >= 11 is 3.42. The molecule has 7 heteroatoms. The van der Waals surface area contributed by atoms with E-state index in [9.17, 15) is 9.59 Å².